The summed E-state index contributed by atoms with van der Waals surface area (Å²) in [5, 5.41) is 9.21. The van der Waals surface area contributed by atoms with Crippen molar-refractivity contribution in [2.24, 2.45) is 0 Å². The SMILES string of the molecule is N#C/C(=C\c1cccn1CCCl)S(=O)(=O)c1ccccc1. The van der Waals surface area contributed by atoms with Crippen molar-refractivity contribution < 1.29 is 8.42 Å². The van der Waals surface area contributed by atoms with Gasteiger partial charge in [0.25, 0.3) is 0 Å². The molecular weight excluding hydrogens is 308 g/mol. The smallest absolute Gasteiger partial charge is 0.216 e. The largest absolute Gasteiger partial charge is 0.347 e. The van der Waals surface area contributed by atoms with Crippen molar-refractivity contribution in [1.82, 2.24) is 4.57 Å². The van der Waals surface area contributed by atoms with E-state index in [-0.39, 0.29) is 9.80 Å². The molecule has 108 valence electrons. The highest BCUT2D eigenvalue weighted by Crippen LogP contribution is 2.21. The summed E-state index contributed by atoms with van der Waals surface area (Å²) in [4.78, 5) is -0.184. The van der Waals surface area contributed by atoms with Crippen molar-refractivity contribution in [2.75, 3.05) is 5.88 Å². The Kier molecular flexibility index (Phi) is 4.84. The lowest BCUT2D eigenvalue weighted by Gasteiger charge is -2.05. The van der Waals surface area contributed by atoms with Gasteiger partial charge in [0.15, 0.2) is 4.91 Å². The highest BCUT2D eigenvalue weighted by Gasteiger charge is 2.20. The summed E-state index contributed by atoms with van der Waals surface area (Å²) in [7, 11) is -3.81. The van der Waals surface area contributed by atoms with Gasteiger partial charge in [0.1, 0.15) is 6.07 Å². The molecule has 0 aliphatic carbocycles. The van der Waals surface area contributed by atoms with Crippen LogP contribution in [0.25, 0.3) is 6.08 Å². The van der Waals surface area contributed by atoms with Crippen molar-refractivity contribution in [3.63, 3.8) is 0 Å². The van der Waals surface area contributed by atoms with Crippen molar-refractivity contribution >= 4 is 27.5 Å². The summed E-state index contributed by atoms with van der Waals surface area (Å²) in [6, 6.07) is 13.2. The van der Waals surface area contributed by atoms with E-state index in [0.29, 0.717) is 18.1 Å². The predicted octanol–water partition coefficient (Wildman–Crippen LogP) is 3.07. The zero-order valence-corrected chi connectivity index (χ0v) is 12.7. The van der Waals surface area contributed by atoms with Gasteiger partial charge in [-0.25, -0.2) is 8.42 Å². The Bertz CT molecular complexity index is 787. The molecule has 6 heteroatoms. The molecule has 1 heterocycles. The topological polar surface area (TPSA) is 62.9 Å². The predicted molar refractivity (Wildman–Crippen MR) is 82.4 cm³/mol. The van der Waals surface area contributed by atoms with E-state index in [0.717, 1.165) is 0 Å². The van der Waals surface area contributed by atoms with Gasteiger partial charge in [-0.05, 0) is 30.3 Å². The van der Waals surface area contributed by atoms with Gasteiger partial charge >= 0.3 is 0 Å². The number of benzene rings is 1. The minimum Gasteiger partial charge on any atom is -0.347 e. The number of sulfone groups is 1. The monoisotopic (exact) mass is 320 g/mol. The summed E-state index contributed by atoms with van der Waals surface area (Å²) in [5.41, 5.74) is 0.631. The molecule has 1 aromatic carbocycles. The first kappa shape index (κ1) is 15.4. The third kappa shape index (κ3) is 3.35. The quantitative estimate of drug-likeness (QED) is 0.628. The van der Waals surface area contributed by atoms with E-state index in [1.807, 2.05) is 0 Å². The average molecular weight is 321 g/mol. The first-order valence-electron chi connectivity index (χ1n) is 6.22. The Morgan fingerprint density at radius 1 is 1.24 bits per heavy atom. The minimum atomic E-state index is -3.81. The standard InChI is InChI=1S/C15H13ClN2O2S/c16-8-10-18-9-4-5-13(18)11-15(12-17)21(19,20)14-6-2-1-3-7-14/h1-7,9,11H,8,10H2/b15-11+. The van der Waals surface area contributed by atoms with E-state index in [4.69, 9.17) is 11.6 Å². The third-order valence-electron chi connectivity index (χ3n) is 2.92. The van der Waals surface area contributed by atoms with Crippen LogP contribution in [0.1, 0.15) is 5.69 Å². The number of aromatic nitrogens is 1. The number of allylic oxidation sites excluding steroid dienone is 1. The molecule has 1 aromatic heterocycles. The van der Waals surface area contributed by atoms with Crippen molar-refractivity contribution in [2.45, 2.75) is 11.4 Å². The Morgan fingerprint density at radius 3 is 2.57 bits per heavy atom. The minimum absolute atomic E-state index is 0.105. The van der Waals surface area contributed by atoms with E-state index < -0.39 is 9.84 Å². The second kappa shape index (κ2) is 6.61. The number of hydrogen-bond acceptors (Lipinski definition) is 3. The molecule has 0 radical (unpaired) electrons. The van der Waals surface area contributed by atoms with Crippen molar-refractivity contribution in [3.8, 4) is 6.07 Å². The summed E-state index contributed by atoms with van der Waals surface area (Å²) in [6.45, 7) is 0.546. The molecule has 2 rings (SSSR count). The molecule has 0 fully saturated rings. The molecular formula is C15H13ClN2O2S. The number of nitrogens with zero attached hydrogens (tertiary/aromatic N) is 2. The second-order valence-electron chi connectivity index (χ2n) is 4.25. The maximum Gasteiger partial charge on any atom is 0.216 e. The molecule has 2 aromatic rings. The van der Waals surface area contributed by atoms with Crippen LogP contribution in [0, 0.1) is 11.3 Å². The van der Waals surface area contributed by atoms with Gasteiger partial charge in [0.2, 0.25) is 9.84 Å². The van der Waals surface area contributed by atoms with Crippen LogP contribution in [0.4, 0.5) is 0 Å². The molecule has 0 bridgehead atoms. The lowest BCUT2D eigenvalue weighted by atomic mass is 10.4. The van der Waals surface area contributed by atoms with Gasteiger partial charge in [-0.15, -0.1) is 11.6 Å². The number of alkyl halides is 1. The number of halogens is 1. The van der Waals surface area contributed by atoms with Gasteiger partial charge < -0.3 is 4.57 Å². The normalized spacial score (nSPS) is 12.1. The maximum absolute atomic E-state index is 12.4. The summed E-state index contributed by atoms with van der Waals surface area (Å²) in [6.07, 6.45) is 3.16. The number of aryl methyl sites for hydroxylation is 1. The molecule has 0 spiro atoms. The first-order valence-corrected chi connectivity index (χ1v) is 8.24. The van der Waals surface area contributed by atoms with Gasteiger partial charge in [0.05, 0.1) is 4.90 Å². The van der Waals surface area contributed by atoms with Crippen LogP contribution in [0.2, 0.25) is 0 Å². The highest BCUT2D eigenvalue weighted by atomic mass is 35.5. The molecule has 0 amide bonds. The Morgan fingerprint density at radius 2 is 1.95 bits per heavy atom. The lowest BCUT2D eigenvalue weighted by molar-refractivity contribution is 0.603. The van der Waals surface area contributed by atoms with Gasteiger partial charge in [-0.3, -0.25) is 0 Å². The zero-order chi connectivity index (χ0) is 15.3. The number of nitriles is 1. The number of hydrogen-bond donors (Lipinski definition) is 0. The zero-order valence-electron chi connectivity index (χ0n) is 11.1. The lowest BCUT2D eigenvalue weighted by Crippen LogP contribution is -2.05. The van der Waals surface area contributed by atoms with Crippen LogP contribution in [-0.4, -0.2) is 18.9 Å². The van der Waals surface area contributed by atoms with Crippen LogP contribution in [0.15, 0.2) is 58.5 Å². The number of rotatable bonds is 5. The molecule has 0 N–H and O–H groups in total. The van der Waals surface area contributed by atoms with Crippen LogP contribution >= 0.6 is 11.6 Å². The molecule has 0 aliphatic heterocycles. The van der Waals surface area contributed by atoms with Crippen LogP contribution in [0.3, 0.4) is 0 Å². The van der Waals surface area contributed by atoms with Crippen LogP contribution in [-0.2, 0) is 16.4 Å². The molecule has 0 unspecified atom stereocenters. The average Bonchev–Trinajstić information content (AvgIpc) is 2.93. The van der Waals surface area contributed by atoms with E-state index >= 15 is 0 Å². The molecule has 0 atom stereocenters. The van der Waals surface area contributed by atoms with E-state index in [9.17, 15) is 13.7 Å². The van der Waals surface area contributed by atoms with E-state index in [1.54, 1.807) is 47.2 Å². The summed E-state index contributed by atoms with van der Waals surface area (Å²) < 4.78 is 26.7. The summed E-state index contributed by atoms with van der Waals surface area (Å²) >= 11 is 5.70. The maximum atomic E-state index is 12.4. The van der Waals surface area contributed by atoms with Gasteiger partial charge in [-0.2, -0.15) is 5.26 Å². The third-order valence-corrected chi connectivity index (χ3v) is 4.77. The van der Waals surface area contributed by atoms with Crippen molar-refractivity contribution in [1.29, 1.82) is 5.26 Å². The molecule has 21 heavy (non-hydrogen) atoms. The fourth-order valence-electron chi connectivity index (χ4n) is 1.88. The summed E-state index contributed by atoms with van der Waals surface area (Å²) in [5.74, 6) is 0.406. The van der Waals surface area contributed by atoms with Crippen LogP contribution in [0.5, 0.6) is 0 Å². The molecule has 0 saturated heterocycles. The van der Waals surface area contributed by atoms with Gasteiger partial charge in [0, 0.05) is 24.3 Å². The van der Waals surface area contributed by atoms with E-state index in [1.165, 1.54) is 18.2 Å². The molecule has 0 aliphatic rings. The first-order chi connectivity index (χ1) is 10.1. The fraction of sp³-hybridized carbons (Fsp3) is 0.133. The van der Waals surface area contributed by atoms with Crippen LogP contribution < -0.4 is 0 Å². The Balaban J connectivity index is 2.47. The Labute approximate surface area is 128 Å². The highest BCUT2D eigenvalue weighted by molar-refractivity contribution is 7.95. The van der Waals surface area contributed by atoms with Crippen molar-refractivity contribution in [3.05, 3.63) is 59.3 Å². The Hall–Kier alpha value is -2.03. The second-order valence-corrected chi connectivity index (χ2v) is 6.55. The van der Waals surface area contributed by atoms with Gasteiger partial charge in [-0.1, -0.05) is 18.2 Å². The van der Waals surface area contributed by atoms with E-state index in [2.05, 4.69) is 0 Å². The fourth-order valence-corrected chi connectivity index (χ4v) is 3.23. The molecule has 4 nitrogen and oxygen atoms in total. The molecule has 0 saturated carbocycles.